The van der Waals surface area contributed by atoms with Crippen LogP contribution in [0.15, 0.2) is 34.3 Å². The van der Waals surface area contributed by atoms with Gasteiger partial charge in [-0.15, -0.1) is 0 Å². The molecule has 2 atom stereocenters. The van der Waals surface area contributed by atoms with E-state index >= 15 is 0 Å². The summed E-state index contributed by atoms with van der Waals surface area (Å²) < 4.78 is 25.7. The predicted octanol–water partition coefficient (Wildman–Crippen LogP) is 3.43. The summed E-state index contributed by atoms with van der Waals surface area (Å²) >= 11 is 5.35. The van der Waals surface area contributed by atoms with Crippen molar-refractivity contribution in [3.8, 4) is 0 Å². The summed E-state index contributed by atoms with van der Waals surface area (Å²) in [6.07, 6.45) is 3.43. The Morgan fingerprint density at radius 3 is 2.56 bits per heavy atom. The van der Waals surface area contributed by atoms with Gasteiger partial charge in [-0.1, -0.05) is 26.8 Å². The fourth-order valence-corrected chi connectivity index (χ4v) is 5.43. The van der Waals surface area contributed by atoms with Gasteiger partial charge in [0.15, 0.2) is 5.11 Å². The number of rotatable bonds is 4. The molecule has 2 fully saturated rings. The van der Waals surface area contributed by atoms with Crippen LogP contribution in [0, 0.1) is 16.7 Å². The summed E-state index contributed by atoms with van der Waals surface area (Å²) in [5.74, 6) is 0.678. The third kappa shape index (κ3) is 3.39. The molecule has 8 heteroatoms. The number of nitrogens with one attached hydrogen (secondary N) is 2. The number of thiocarbonyl (C=S) groups is 1. The van der Waals surface area contributed by atoms with Gasteiger partial charge < -0.3 is 5.32 Å². The second-order valence-electron chi connectivity index (χ2n) is 8.43. The van der Waals surface area contributed by atoms with Crippen molar-refractivity contribution in [2.45, 2.75) is 44.9 Å². The lowest BCUT2D eigenvalue weighted by atomic mass is 9.70. The SMILES string of the molecule is CN(C)S(=O)(=O)c1cccc(NC(=S)N/N=C2/C[C@@H]3CC[C@@]2(C)C3(C)C)c1. The van der Waals surface area contributed by atoms with Crippen LogP contribution in [0.3, 0.4) is 0 Å². The number of benzene rings is 1. The van der Waals surface area contributed by atoms with Crippen molar-refractivity contribution in [2.75, 3.05) is 19.4 Å². The van der Waals surface area contributed by atoms with Crippen molar-refractivity contribution in [3.05, 3.63) is 24.3 Å². The van der Waals surface area contributed by atoms with Gasteiger partial charge in [0.1, 0.15) is 0 Å². The van der Waals surface area contributed by atoms with Gasteiger partial charge in [-0.25, -0.2) is 12.7 Å². The lowest BCUT2D eigenvalue weighted by Crippen LogP contribution is -2.35. The van der Waals surface area contributed by atoms with Crippen molar-refractivity contribution in [2.24, 2.45) is 21.8 Å². The van der Waals surface area contributed by atoms with Crippen molar-refractivity contribution in [1.82, 2.24) is 9.73 Å². The molecule has 2 aliphatic rings. The molecule has 0 aliphatic heterocycles. The van der Waals surface area contributed by atoms with Crippen LogP contribution in [0.5, 0.6) is 0 Å². The molecule has 148 valence electrons. The molecule has 6 nitrogen and oxygen atoms in total. The van der Waals surface area contributed by atoms with Gasteiger partial charge in [-0.3, -0.25) is 5.43 Å². The zero-order valence-electron chi connectivity index (χ0n) is 16.5. The molecule has 0 radical (unpaired) electrons. The highest BCUT2D eigenvalue weighted by Gasteiger charge is 2.59. The summed E-state index contributed by atoms with van der Waals surface area (Å²) in [7, 11) is -0.467. The molecule has 3 rings (SSSR count). The first-order valence-corrected chi connectivity index (χ1v) is 11.0. The first kappa shape index (κ1) is 20.2. The number of fused-ring (bicyclic) bond motifs is 2. The van der Waals surface area contributed by atoms with Crippen molar-refractivity contribution < 1.29 is 8.42 Å². The molecule has 2 aliphatic carbocycles. The van der Waals surface area contributed by atoms with Gasteiger partial charge in [-0.05, 0) is 61.0 Å². The number of sulfonamides is 1. The number of nitrogens with zero attached hydrogens (tertiary/aromatic N) is 2. The van der Waals surface area contributed by atoms with E-state index in [9.17, 15) is 8.42 Å². The van der Waals surface area contributed by atoms with Crippen LogP contribution in [-0.2, 0) is 10.0 Å². The van der Waals surface area contributed by atoms with E-state index in [4.69, 9.17) is 12.2 Å². The molecule has 0 aromatic heterocycles. The van der Waals surface area contributed by atoms with Gasteiger partial charge in [0.2, 0.25) is 10.0 Å². The van der Waals surface area contributed by atoms with Crippen LogP contribution >= 0.6 is 12.2 Å². The van der Waals surface area contributed by atoms with Gasteiger partial charge in [0.25, 0.3) is 0 Å². The molecule has 1 aromatic rings. The Bertz CT molecular complexity index is 893. The first-order valence-electron chi connectivity index (χ1n) is 9.15. The molecular weight excluding hydrogens is 380 g/mol. The van der Waals surface area contributed by atoms with Crippen LogP contribution in [0.1, 0.15) is 40.0 Å². The monoisotopic (exact) mass is 408 g/mol. The van der Waals surface area contributed by atoms with E-state index in [-0.39, 0.29) is 15.7 Å². The minimum atomic E-state index is -3.49. The molecule has 0 amide bonds. The molecular formula is C19H28N4O2S2. The Labute approximate surface area is 167 Å². The van der Waals surface area contributed by atoms with Gasteiger partial charge in [-0.2, -0.15) is 5.10 Å². The highest BCUT2D eigenvalue weighted by Crippen LogP contribution is 2.63. The molecule has 1 aromatic carbocycles. The Morgan fingerprint density at radius 2 is 2.00 bits per heavy atom. The molecule has 0 heterocycles. The van der Waals surface area contributed by atoms with Crippen LogP contribution in [0.2, 0.25) is 0 Å². The van der Waals surface area contributed by atoms with Gasteiger partial charge >= 0.3 is 0 Å². The van der Waals surface area contributed by atoms with Gasteiger partial charge in [0, 0.05) is 30.9 Å². The minimum absolute atomic E-state index is 0.111. The average Bonchev–Trinajstić information content (AvgIpc) is 2.93. The second-order valence-corrected chi connectivity index (χ2v) is 11.0. The molecule has 2 bridgehead atoms. The number of hydrazone groups is 1. The standard InChI is InChI=1S/C19H28N4O2S2/c1-18(2)13-9-10-19(18,3)16(11-13)21-22-17(26)20-14-7-6-8-15(12-14)27(24,25)23(4)5/h6-8,12-13H,9-11H2,1-5H3,(H2,20,22,26)/b21-16-/t13-,19+/m0/s1. The van der Waals surface area contributed by atoms with E-state index in [1.165, 1.54) is 30.5 Å². The average molecular weight is 409 g/mol. The van der Waals surface area contributed by atoms with Crippen LogP contribution in [0.25, 0.3) is 0 Å². The second kappa shape index (κ2) is 6.83. The van der Waals surface area contributed by atoms with Gasteiger partial charge in [0.05, 0.1) is 4.90 Å². The van der Waals surface area contributed by atoms with E-state index in [0.717, 1.165) is 12.8 Å². The molecule has 27 heavy (non-hydrogen) atoms. The summed E-state index contributed by atoms with van der Waals surface area (Å²) in [6.45, 7) is 6.97. The van der Waals surface area contributed by atoms with Crippen molar-refractivity contribution >= 4 is 38.8 Å². The third-order valence-corrected chi connectivity index (χ3v) is 8.68. The zero-order chi connectivity index (χ0) is 20.0. The smallest absolute Gasteiger partial charge is 0.242 e. The van der Waals surface area contributed by atoms with Crippen molar-refractivity contribution in [3.63, 3.8) is 0 Å². The lowest BCUT2D eigenvalue weighted by molar-refractivity contribution is 0.193. The summed E-state index contributed by atoms with van der Waals surface area (Å²) in [5.41, 5.74) is 5.11. The third-order valence-electron chi connectivity index (χ3n) is 6.68. The van der Waals surface area contributed by atoms with E-state index in [2.05, 4.69) is 36.6 Å². The topological polar surface area (TPSA) is 73.8 Å². The minimum Gasteiger partial charge on any atom is -0.331 e. The molecule has 2 N–H and O–H groups in total. The van der Waals surface area contributed by atoms with E-state index in [1.807, 2.05) is 0 Å². The Morgan fingerprint density at radius 1 is 1.30 bits per heavy atom. The maximum absolute atomic E-state index is 12.3. The zero-order valence-corrected chi connectivity index (χ0v) is 18.2. The van der Waals surface area contributed by atoms with Crippen LogP contribution < -0.4 is 10.7 Å². The highest BCUT2D eigenvalue weighted by atomic mass is 32.2. The number of hydrogen-bond donors (Lipinski definition) is 2. The highest BCUT2D eigenvalue weighted by molar-refractivity contribution is 7.89. The fourth-order valence-electron chi connectivity index (χ4n) is 4.32. The Balaban J connectivity index is 1.70. The fraction of sp³-hybridized carbons (Fsp3) is 0.579. The van der Waals surface area contributed by atoms with E-state index in [1.54, 1.807) is 24.3 Å². The Hall–Kier alpha value is -1.51. The maximum atomic E-state index is 12.3. The quantitative estimate of drug-likeness (QED) is 0.590. The van der Waals surface area contributed by atoms with E-state index in [0.29, 0.717) is 16.7 Å². The summed E-state index contributed by atoms with van der Waals surface area (Å²) in [5, 5.41) is 7.98. The molecule has 0 saturated heterocycles. The lowest BCUT2D eigenvalue weighted by Gasteiger charge is -2.34. The largest absolute Gasteiger partial charge is 0.331 e. The Kier molecular flexibility index (Phi) is 5.12. The number of anilines is 1. The van der Waals surface area contributed by atoms with Crippen LogP contribution in [0.4, 0.5) is 5.69 Å². The maximum Gasteiger partial charge on any atom is 0.242 e. The van der Waals surface area contributed by atoms with Crippen molar-refractivity contribution in [1.29, 1.82) is 0 Å². The summed E-state index contributed by atoms with van der Waals surface area (Å²) in [6, 6.07) is 6.60. The van der Waals surface area contributed by atoms with E-state index < -0.39 is 10.0 Å². The molecule has 0 spiro atoms. The molecule has 2 saturated carbocycles. The van der Waals surface area contributed by atoms with Crippen LogP contribution in [-0.4, -0.2) is 37.6 Å². The number of hydrogen-bond acceptors (Lipinski definition) is 4. The summed E-state index contributed by atoms with van der Waals surface area (Å²) in [4.78, 5) is 0.217. The normalized spacial score (nSPS) is 27.9. The molecule has 0 unspecified atom stereocenters. The first-order chi connectivity index (χ1) is 12.5. The predicted molar refractivity (Wildman–Crippen MR) is 113 cm³/mol.